The summed E-state index contributed by atoms with van der Waals surface area (Å²) in [5.74, 6) is 0.233. The van der Waals surface area contributed by atoms with Gasteiger partial charge in [0.05, 0.1) is 11.3 Å². The molecule has 3 rings (SSSR count). The van der Waals surface area contributed by atoms with E-state index in [1.807, 2.05) is 6.07 Å². The van der Waals surface area contributed by atoms with Crippen molar-refractivity contribution < 1.29 is 8.91 Å². The quantitative estimate of drug-likeness (QED) is 0.772. The number of rotatable bonds is 2. The van der Waals surface area contributed by atoms with E-state index in [9.17, 15) is 4.39 Å². The average Bonchev–Trinajstić information content (AvgIpc) is 2.80. The predicted octanol–water partition coefficient (Wildman–Crippen LogP) is 3.89. The summed E-state index contributed by atoms with van der Waals surface area (Å²) >= 11 is 3.25. The average molecular weight is 334 g/mol. The molecule has 0 aliphatic heterocycles. The maximum Gasteiger partial charge on any atom is 0.178 e. The van der Waals surface area contributed by atoms with E-state index in [0.717, 1.165) is 0 Å². The fraction of sp³-hybridized carbons (Fsp3) is 0. The van der Waals surface area contributed by atoms with Gasteiger partial charge in [-0.2, -0.15) is 0 Å². The summed E-state index contributed by atoms with van der Waals surface area (Å²) in [5, 5.41) is 3.75. The van der Waals surface area contributed by atoms with Gasteiger partial charge in [0.15, 0.2) is 11.6 Å². The van der Waals surface area contributed by atoms with Crippen LogP contribution in [-0.4, -0.2) is 10.1 Å². The zero-order chi connectivity index (χ0) is 14.1. The summed E-state index contributed by atoms with van der Waals surface area (Å²) in [7, 11) is 0. The van der Waals surface area contributed by atoms with Gasteiger partial charge in [-0.1, -0.05) is 27.2 Å². The first-order chi connectivity index (χ1) is 9.65. The maximum atomic E-state index is 13.5. The van der Waals surface area contributed by atoms with Gasteiger partial charge in [-0.3, -0.25) is 4.98 Å². The number of anilines is 1. The van der Waals surface area contributed by atoms with Crippen LogP contribution in [0.25, 0.3) is 22.6 Å². The molecule has 3 aromatic rings. The van der Waals surface area contributed by atoms with Gasteiger partial charge in [0, 0.05) is 16.2 Å². The zero-order valence-electron chi connectivity index (χ0n) is 10.2. The summed E-state index contributed by atoms with van der Waals surface area (Å²) in [6.45, 7) is 0. The number of nitrogens with two attached hydrogens (primary N) is 1. The molecular formula is C14H9BrFN3O. The highest BCUT2D eigenvalue weighted by molar-refractivity contribution is 9.10. The number of nitrogens with zero attached hydrogens (tertiary/aromatic N) is 2. The van der Waals surface area contributed by atoms with Crippen LogP contribution in [0.5, 0.6) is 0 Å². The molecule has 0 saturated heterocycles. The van der Waals surface area contributed by atoms with Crippen molar-refractivity contribution in [1.82, 2.24) is 10.1 Å². The Labute approximate surface area is 122 Å². The molecule has 20 heavy (non-hydrogen) atoms. The van der Waals surface area contributed by atoms with Crippen LogP contribution in [0.4, 0.5) is 10.2 Å². The van der Waals surface area contributed by atoms with Gasteiger partial charge in [-0.05, 0) is 30.3 Å². The van der Waals surface area contributed by atoms with Crippen LogP contribution in [-0.2, 0) is 0 Å². The lowest BCUT2D eigenvalue weighted by molar-refractivity contribution is 0.435. The van der Waals surface area contributed by atoms with E-state index in [0.29, 0.717) is 27.1 Å². The monoisotopic (exact) mass is 333 g/mol. The van der Waals surface area contributed by atoms with Crippen molar-refractivity contribution in [3.63, 3.8) is 0 Å². The van der Waals surface area contributed by atoms with Crippen LogP contribution >= 0.6 is 15.9 Å². The topological polar surface area (TPSA) is 64.9 Å². The van der Waals surface area contributed by atoms with Crippen LogP contribution in [0.15, 0.2) is 51.6 Å². The van der Waals surface area contributed by atoms with E-state index < -0.39 is 0 Å². The van der Waals surface area contributed by atoms with Crippen molar-refractivity contribution in [1.29, 1.82) is 0 Å². The van der Waals surface area contributed by atoms with E-state index in [4.69, 9.17) is 10.3 Å². The highest BCUT2D eigenvalue weighted by Crippen LogP contribution is 2.36. The largest absolute Gasteiger partial charge is 0.380 e. The second kappa shape index (κ2) is 5.05. The smallest absolute Gasteiger partial charge is 0.178 e. The van der Waals surface area contributed by atoms with Crippen LogP contribution in [0, 0.1) is 5.82 Å². The number of halogens is 2. The summed E-state index contributed by atoms with van der Waals surface area (Å²) in [4.78, 5) is 4.23. The van der Waals surface area contributed by atoms with E-state index in [-0.39, 0.29) is 11.6 Å². The minimum atomic E-state index is -0.378. The Balaban J connectivity index is 2.21. The lowest BCUT2D eigenvalue weighted by Crippen LogP contribution is -1.91. The van der Waals surface area contributed by atoms with Crippen LogP contribution < -0.4 is 5.73 Å². The summed E-state index contributed by atoms with van der Waals surface area (Å²) in [5.41, 5.74) is 7.56. The molecule has 2 heterocycles. The summed E-state index contributed by atoms with van der Waals surface area (Å²) in [6.07, 6.45) is 1.65. The van der Waals surface area contributed by atoms with Crippen molar-refractivity contribution in [2.45, 2.75) is 0 Å². The molecule has 0 aliphatic rings. The standard InChI is InChI=1S/C14H9BrFN3O/c15-9-5-8(6-10(16)7-9)13-12(14(17)19-20-13)11-3-1-2-4-18-11/h1-7H,(H2,17,19). The summed E-state index contributed by atoms with van der Waals surface area (Å²) < 4.78 is 19.4. The SMILES string of the molecule is Nc1noc(-c2cc(F)cc(Br)c2)c1-c1ccccn1. The van der Waals surface area contributed by atoms with E-state index in [2.05, 4.69) is 26.1 Å². The Morgan fingerprint density at radius 2 is 2.05 bits per heavy atom. The van der Waals surface area contributed by atoms with Gasteiger partial charge in [-0.15, -0.1) is 0 Å². The molecule has 0 fully saturated rings. The van der Waals surface area contributed by atoms with Crippen LogP contribution in [0.1, 0.15) is 0 Å². The van der Waals surface area contributed by atoms with Crippen molar-refractivity contribution in [2.24, 2.45) is 0 Å². The highest BCUT2D eigenvalue weighted by Gasteiger charge is 2.19. The third-order valence-corrected chi connectivity index (χ3v) is 3.22. The van der Waals surface area contributed by atoms with Gasteiger partial charge in [0.1, 0.15) is 5.82 Å². The molecule has 2 aromatic heterocycles. The normalized spacial score (nSPS) is 10.7. The van der Waals surface area contributed by atoms with Gasteiger partial charge < -0.3 is 10.3 Å². The third kappa shape index (κ3) is 2.30. The molecule has 1 aromatic carbocycles. The number of benzene rings is 1. The fourth-order valence-corrected chi connectivity index (χ4v) is 2.41. The van der Waals surface area contributed by atoms with Crippen molar-refractivity contribution in [3.05, 3.63) is 52.9 Å². The molecule has 0 saturated carbocycles. The van der Waals surface area contributed by atoms with Gasteiger partial charge in [0.2, 0.25) is 0 Å². The van der Waals surface area contributed by atoms with E-state index >= 15 is 0 Å². The third-order valence-electron chi connectivity index (χ3n) is 2.76. The van der Waals surface area contributed by atoms with Gasteiger partial charge in [0.25, 0.3) is 0 Å². The Morgan fingerprint density at radius 1 is 1.20 bits per heavy atom. The fourth-order valence-electron chi connectivity index (χ4n) is 1.94. The number of nitrogen functional groups attached to an aromatic ring is 1. The van der Waals surface area contributed by atoms with Crippen molar-refractivity contribution in [2.75, 3.05) is 5.73 Å². The zero-order valence-corrected chi connectivity index (χ0v) is 11.8. The maximum absolute atomic E-state index is 13.5. The summed E-state index contributed by atoms with van der Waals surface area (Å²) in [6, 6.07) is 9.88. The lowest BCUT2D eigenvalue weighted by Gasteiger charge is -2.03. The lowest BCUT2D eigenvalue weighted by atomic mass is 10.1. The first-order valence-electron chi connectivity index (χ1n) is 5.78. The number of aromatic nitrogens is 2. The van der Waals surface area contributed by atoms with Crippen LogP contribution in [0.3, 0.4) is 0 Å². The molecule has 0 aliphatic carbocycles. The predicted molar refractivity (Wildman–Crippen MR) is 77.2 cm³/mol. The Morgan fingerprint density at radius 3 is 2.75 bits per heavy atom. The molecule has 4 nitrogen and oxygen atoms in total. The number of hydrogen-bond donors (Lipinski definition) is 1. The highest BCUT2D eigenvalue weighted by atomic mass is 79.9. The minimum Gasteiger partial charge on any atom is -0.380 e. The second-order valence-corrected chi connectivity index (χ2v) is 5.06. The molecule has 0 unspecified atom stereocenters. The van der Waals surface area contributed by atoms with Gasteiger partial charge in [-0.25, -0.2) is 4.39 Å². The van der Waals surface area contributed by atoms with E-state index in [1.165, 1.54) is 12.1 Å². The molecule has 2 N–H and O–H groups in total. The molecule has 0 bridgehead atoms. The molecule has 0 radical (unpaired) electrons. The first kappa shape index (κ1) is 12.8. The Kier molecular flexibility index (Phi) is 3.23. The Bertz CT molecular complexity index is 738. The van der Waals surface area contributed by atoms with Gasteiger partial charge >= 0.3 is 0 Å². The Hall–Kier alpha value is -2.21. The van der Waals surface area contributed by atoms with Crippen molar-refractivity contribution >= 4 is 21.7 Å². The molecule has 0 atom stereocenters. The molecule has 0 spiro atoms. The minimum absolute atomic E-state index is 0.221. The molecule has 6 heteroatoms. The molecular weight excluding hydrogens is 325 g/mol. The number of pyridine rings is 1. The van der Waals surface area contributed by atoms with Crippen molar-refractivity contribution in [3.8, 4) is 22.6 Å². The van der Waals surface area contributed by atoms with E-state index in [1.54, 1.807) is 24.4 Å². The number of hydrogen-bond acceptors (Lipinski definition) is 4. The first-order valence-corrected chi connectivity index (χ1v) is 6.57. The molecule has 100 valence electrons. The molecule has 0 amide bonds. The van der Waals surface area contributed by atoms with Crippen LogP contribution in [0.2, 0.25) is 0 Å². The second-order valence-electron chi connectivity index (χ2n) is 4.15.